The van der Waals surface area contributed by atoms with E-state index >= 15 is 0 Å². The summed E-state index contributed by atoms with van der Waals surface area (Å²) in [6.07, 6.45) is 0. The molecule has 0 aliphatic heterocycles. The number of aliphatic hydroxyl groups excluding tert-OH is 1. The van der Waals surface area contributed by atoms with Crippen molar-refractivity contribution in [2.45, 2.75) is 12.2 Å². The Labute approximate surface area is 93.5 Å². The predicted molar refractivity (Wildman–Crippen MR) is 64.8 cm³/mol. The average Bonchev–Trinajstić information content (AvgIpc) is 2.72. The number of thiophene rings is 1. The van der Waals surface area contributed by atoms with Gasteiger partial charge in [-0.2, -0.15) is 23.1 Å². The van der Waals surface area contributed by atoms with Crippen LogP contribution in [0.3, 0.4) is 0 Å². The van der Waals surface area contributed by atoms with E-state index in [4.69, 9.17) is 10.8 Å². The third kappa shape index (κ3) is 3.61. The van der Waals surface area contributed by atoms with Gasteiger partial charge in [0.25, 0.3) is 0 Å². The Kier molecular flexibility index (Phi) is 5.55. The van der Waals surface area contributed by atoms with Gasteiger partial charge in [-0.1, -0.05) is 6.92 Å². The van der Waals surface area contributed by atoms with E-state index in [1.54, 1.807) is 11.3 Å². The first-order chi connectivity index (χ1) is 6.77. The molecule has 0 spiro atoms. The first kappa shape index (κ1) is 12.0. The summed E-state index contributed by atoms with van der Waals surface area (Å²) >= 11 is 3.54. The first-order valence-corrected chi connectivity index (χ1v) is 6.71. The fourth-order valence-electron chi connectivity index (χ4n) is 1.09. The lowest BCUT2D eigenvalue weighted by Crippen LogP contribution is -2.12. The fraction of sp³-hybridized carbons (Fsp3) is 0.600. The Morgan fingerprint density at radius 3 is 2.93 bits per heavy atom. The van der Waals surface area contributed by atoms with Crippen molar-refractivity contribution in [1.82, 2.24) is 0 Å². The zero-order valence-electron chi connectivity index (χ0n) is 8.35. The minimum absolute atomic E-state index is 0.258. The topological polar surface area (TPSA) is 46.2 Å². The van der Waals surface area contributed by atoms with E-state index < -0.39 is 0 Å². The Morgan fingerprint density at radius 1 is 1.64 bits per heavy atom. The zero-order valence-corrected chi connectivity index (χ0v) is 9.98. The van der Waals surface area contributed by atoms with Gasteiger partial charge in [-0.05, 0) is 34.1 Å². The summed E-state index contributed by atoms with van der Waals surface area (Å²) in [5, 5.41) is 13.5. The molecule has 1 aromatic heterocycles. The highest BCUT2D eigenvalue weighted by Gasteiger charge is 2.12. The van der Waals surface area contributed by atoms with Crippen LogP contribution in [-0.2, 0) is 0 Å². The molecule has 1 aromatic rings. The van der Waals surface area contributed by atoms with Crippen molar-refractivity contribution in [3.05, 3.63) is 22.4 Å². The van der Waals surface area contributed by atoms with Gasteiger partial charge in [0, 0.05) is 18.4 Å². The molecule has 1 rings (SSSR count). The highest BCUT2D eigenvalue weighted by molar-refractivity contribution is 7.99. The third-order valence-corrected chi connectivity index (χ3v) is 4.35. The molecule has 2 unspecified atom stereocenters. The third-order valence-electron chi connectivity index (χ3n) is 2.02. The summed E-state index contributed by atoms with van der Waals surface area (Å²) in [6.45, 7) is 2.97. The Balaban J connectivity index is 2.40. The Morgan fingerprint density at radius 2 is 2.43 bits per heavy atom. The van der Waals surface area contributed by atoms with E-state index in [0.29, 0.717) is 17.7 Å². The molecule has 14 heavy (non-hydrogen) atoms. The van der Waals surface area contributed by atoms with Crippen LogP contribution in [0, 0.1) is 5.92 Å². The maximum absolute atomic E-state index is 8.91. The van der Waals surface area contributed by atoms with Crippen molar-refractivity contribution in [3.63, 3.8) is 0 Å². The number of hydrogen-bond acceptors (Lipinski definition) is 4. The number of aliphatic hydroxyl groups is 1. The molecule has 0 bridgehead atoms. The van der Waals surface area contributed by atoms with Gasteiger partial charge >= 0.3 is 0 Å². The second-order valence-electron chi connectivity index (χ2n) is 3.40. The Bertz CT molecular complexity index is 238. The van der Waals surface area contributed by atoms with Crippen LogP contribution >= 0.6 is 23.1 Å². The predicted octanol–water partition coefficient (Wildman–Crippen LogP) is 2.11. The molecule has 0 aliphatic carbocycles. The second-order valence-corrected chi connectivity index (χ2v) is 5.42. The molecular formula is C10H17NOS2. The van der Waals surface area contributed by atoms with Crippen LogP contribution in [-0.4, -0.2) is 24.0 Å². The van der Waals surface area contributed by atoms with Crippen LogP contribution < -0.4 is 5.73 Å². The molecule has 2 nitrogen and oxygen atoms in total. The molecule has 2 atom stereocenters. The van der Waals surface area contributed by atoms with E-state index in [1.165, 1.54) is 5.56 Å². The molecule has 4 heteroatoms. The van der Waals surface area contributed by atoms with Crippen molar-refractivity contribution in [1.29, 1.82) is 0 Å². The molecule has 3 N–H and O–H groups in total. The molecule has 0 fully saturated rings. The molecule has 0 saturated carbocycles. The van der Waals surface area contributed by atoms with E-state index in [9.17, 15) is 0 Å². The van der Waals surface area contributed by atoms with Crippen molar-refractivity contribution >= 4 is 23.1 Å². The molecule has 0 saturated heterocycles. The second kappa shape index (κ2) is 6.45. The first-order valence-electron chi connectivity index (χ1n) is 4.72. The monoisotopic (exact) mass is 231 g/mol. The maximum Gasteiger partial charge on any atom is 0.0464 e. The summed E-state index contributed by atoms with van der Waals surface area (Å²) in [4.78, 5) is 0. The van der Waals surface area contributed by atoms with Crippen LogP contribution in [0.15, 0.2) is 16.8 Å². The molecular weight excluding hydrogens is 214 g/mol. The van der Waals surface area contributed by atoms with Gasteiger partial charge < -0.3 is 10.8 Å². The van der Waals surface area contributed by atoms with Gasteiger partial charge in [0.2, 0.25) is 0 Å². The fourth-order valence-corrected chi connectivity index (χ4v) is 3.03. The lowest BCUT2D eigenvalue weighted by molar-refractivity contribution is 0.250. The van der Waals surface area contributed by atoms with Gasteiger partial charge in [0.05, 0.1) is 0 Å². The SMILES string of the molecule is CC(CO)CSC(CN)c1ccsc1. The van der Waals surface area contributed by atoms with Gasteiger partial charge in [0.1, 0.15) is 0 Å². The lowest BCUT2D eigenvalue weighted by atomic mass is 10.2. The average molecular weight is 231 g/mol. The van der Waals surface area contributed by atoms with Gasteiger partial charge in [0.15, 0.2) is 0 Å². The molecule has 0 amide bonds. The largest absolute Gasteiger partial charge is 0.396 e. The quantitative estimate of drug-likeness (QED) is 0.788. The summed E-state index contributed by atoms with van der Waals surface area (Å²) in [7, 11) is 0. The van der Waals surface area contributed by atoms with Crippen molar-refractivity contribution < 1.29 is 5.11 Å². The molecule has 80 valence electrons. The van der Waals surface area contributed by atoms with Gasteiger partial charge in [-0.25, -0.2) is 0 Å². The minimum Gasteiger partial charge on any atom is -0.396 e. The minimum atomic E-state index is 0.258. The lowest BCUT2D eigenvalue weighted by Gasteiger charge is -2.15. The molecule has 1 heterocycles. The summed E-state index contributed by atoms with van der Waals surface area (Å²) in [6, 6.07) is 2.12. The van der Waals surface area contributed by atoms with Gasteiger partial charge in [-0.3, -0.25) is 0 Å². The molecule has 0 aromatic carbocycles. The van der Waals surface area contributed by atoms with Crippen LogP contribution in [0.25, 0.3) is 0 Å². The zero-order chi connectivity index (χ0) is 10.4. The van der Waals surface area contributed by atoms with E-state index in [1.807, 2.05) is 18.7 Å². The summed E-state index contributed by atoms with van der Waals surface area (Å²) in [5.41, 5.74) is 7.03. The Hall–Kier alpha value is -0.0300. The normalized spacial score (nSPS) is 15.4. The standard InChI is InChI=1S/C10H17NOS2/c1-8(5-12)6-14-10(4-11)9-2-3-13-7-9/h2-3,7-8,10,12H,4-6,11H2,1H3. The number of thioether (sulfide) groups is 1. The number of hydrogen-bond donors (Lipinski definition) is 2. The van der Waals surface area contributed by atoms with Gasteiger partial charge in [-0.15, -0.1) is 0 Å². The van der Waals surface area contributed by atoms with Crippen LogP contribution in [0.5, 0.6) is 0 Å². The van der Waals surface area contributed by atoms with E-state index in [-0.39, 0.29) is 6.61 Å². The number of nitrogens with two attached hydrogens (primary N) is 1. The summed E-state index contributed by atoms with van der Waals surface area (Å²) < 4.78 is 0. The highest BCUT2D eigenvalue weighted by Crippen LogP contribution is 2.30. The van der Waals surface area contributed by atoms with Crippen LogP contribution in [0.4, 0.5) is 0 Å². The van der Waals surface area contributed by atoms with Crippen LogP contribution in [0.2, 0.25) is 0 Å². The van der Waals surface area contributed by atoms with Crippen molar-refractivity contribution in [2.24, 2.45) is 11.7 Å². The smallest absolute Gasteiger partial charge is 0.0464 e. The molecule has 0 aliphatic rings. The number of rotatable bonds is 6. The highest BCUT2D eigenvalue weighted by atomic mass is 32.2. The van der Waals surface area contributed by atoms with Crippen molar-refractivity contribution in [2.75, 3.05) is 18.9 Å². The van der Waals surface area contributed by atoms with E-state index in [2.05, 4.69) is 16.8 Å². The van der Waals surface area contributed by atoms with E-state index in [0.717, 1.165) is 5.75 Å². The van der Waals surface area contributed by atoms with Crippen LogP contribution in [0.1, 0.15) is 17.7 Å². The maximum atomic E-state index is 8.91. The van der Waals surface area contributed by atoms with Crippen molar-refractivity contribution in [3.8, 4) is 0 Å². The summed E-state index contributed by atoms with van der Waals surface area (Å²) in [5.74, 6) is 1.32. The molecule has 0 radical (unpaired) electrons.